The first kappa shape index (κ1) is 24.0. The van der Waals surface area contributed by atoms with Gasteiger partial charge in [-0.15, -0.1) is 0 Å². The minimum Gasteiger partial charge on any atom is -0.396 e. The molecule has 9 heteroatoms. The molecule has 1 aliphatic rings. The Kier molecular flexibility index (Phi) is 7.69. The first-order valence-corrected chi connectivity index (χ1v) is 11.0. The second-order valence-corrected chi connectivity index (χ2v) is 8.27. The normalized spacial score (nSPS) is 24.4. The van der Waals surface area contributed by atoms with E-state index in [1.807, 2.05) is 60.7 Å². The van der Waals surface area contributed by atoms with Crippen molar-refractivity contribution in [3.8, 4) is 0 Å². The lowest BCUT2D eigenvalue weighted by Crippen LogP contribution is -2.49. The molecule has 0 amide bonds. The molecule has 0 unspecified atom stereocenters. The summed E-state index contributed by atoms with van der Waals surface area (Å²) < 4.78 is 33.9. The van der Waals surface area contributed by atoms with E-state index in [1.165, 1.54) is 12.3 Å². The van der Waals surface area contributed by atoms with Gasteiger partial charge in [0.25, 0.3) is 5.56 Å². The van der Waals surface area contributed by atoms with Gasteiger partial charge < -0.3 is 19.3 Å². The van der Waals surface area contributed by atoms with E-state index in [-0.39, 0.29) is 19.8 Å². The fourth-order valence-electron chi connectivity index (χ4n) is 4.23. The van der Waals surface area contributed by atoms with Crippen LogP contribution in [0.5, 0.6) is 0 Å². The number of aliphatic hydroxyl groups excluding tert-OH is 1. The van der Waals surface area contributed by atoms with Crippen molar-refractivity contribution in [2.45, 2.75) is 31.1 Å². The van der Waals surface area contributed by atoms with Crippen LogP contribution in [0, 0.1) is 5.92 Å². The van der Waals surface area contributed by atoms with Gasteiger partial charge in [-0.05, 0) is 11.1 Å². The fourth-order valence-corrected chi connectivity index (χ4v) is 4.23. The molecule has 8 nitrogen and oxygen atoms in total. The monoisotopic (exact) mass is 470 g/mol. The standard InChI is InChI=1S/C25H27FN2O6/c26-16-25(17-32-14-18-7-3-1-4-8-18)22(33-15-19-9-5-2-6-10-19)20(13-29)23(34-25)28-12-11-21(30)27-24(28)31/h1-12,20,22-23,29H,13-17H2,(H,27,30,31)/t20-,22+,23-,25-/m1/s1. The molecule has 1 fully saturated rings. The fraction of sp³-hybridized carbons (Fsp3) is 0.360. The van der Waals surface area contributed by atoms with Gasteiger partial charge in [0.1, 0.15) is 24.6 Å². The predicted molar refractivity (Wildman–Crippen MR) is 122 cm³/mol. The van der Waals surface area contributed by atoms with E-state index in [4.69, 9.17) is 14.2 Å². The number of rotatable bonds is 10. The summed E-state index contributed by atoms with van der Waals surface area (Å²) in [5, 5.41) is 10.2. The Bertz CT molecular complexity index is 1170. The van der Waals surface area contributed by atoms with Gasteiger partial charge in [-0.25, -0.2) is 9.18 Å². The first-order valence-electron chi connectivity index (χ1n) is 11.0. The summed E-state index contributed by atoms with van der Waals surface area (Å²) in [6.45, 7) is -1.19. The van der Waals surface area contributed by atoms with Crippen LogP contribution in [0.2, 0.25) is 0 Å². The van der Waals surface area contributed by atoms with Crippen molar-refractivity contribution in [2.24, 2.45) is 5.92 Å². The van der Waals surface area contributed by atoms with Gasteiger partial charge >= 0.3 is 5.69 Å². The highest BCUT2D eigenvalue weighted by molar-refractivity contribution is 5.15. The molecule has 0 bridgehead atoms. The lowest BCUT2D eigenvalue weighted by molar-refractivity contribution is -0.165. The number of aromatic nitrogens is 2. The van der Waals surface area contributed by atoms with Crippen molar-refractivity contribution in [1.29, 1.82) is 0 Å². The molecule has 2 aromatic carbocycles. The number of alkyl halides is 1. The summed E-state index contributed by atoms with van der Waals surface area (Å²) in [7, 11) is 0. The molecule has 180 valence electrons. The third kappa shape index (κ3) is 5.18. The summed E-state index contributed by atoms with van der Waals surface area (Å²) in [4.78, 5) is 26.1. The smallest absolute Gasteiger partial charge is 0.330 e. The van der Waals surface area contributed by atoms with E-state index in [2.05, 4.69) is 4.98 Å². The maximum absolute atomic E-state index is 14.7. The van der Waals surface area contributed by atoms with Crippen LogP contribution < -0.4 is 11.2 Å². The van der Waals surface area contributed by atoms with Gasteiger partial charge in [0.05, 0.1) is 32.3 Å². The Balaban J connectivity index is 1.62. The topological polar surface area (TPSA) is 103 Å². The van der Waals surface area contributed by atoms with Gasteiger partial charge in [0.15, 0.2) is 0 Å². The Hall–Kier alpha value is -3.11. The largest absolute Gasteiger partial charge is 0.396 e. The second-order valence-electron chi connectivity index (χ2n) is 8.27. The lowest BCUT2D eigenvalue weighted by Gasteiger charge is -2.32. The maximum atomic E-state index is 14.7. The van der Waals surface area contributed by atoms with Gasteiger partial charge in [0, 0.05) is 12.3 Å². The first-order chi connectivity index (χ1) is 16.6. The van der Waals surface area contributed by atoms with Crippen LogP contribution >= 0.6 is 0 Å². The van der Waals surface area contributed by atoms with E-state index < -0.39 is 48.4 Å². The molecule has 0 saturated carbocycles. The number of ether oxygens (including phenoxy) is 3. The van der Waals surface area contributed by atoms with Crippen LogP contribution in [-0.2, 0) is 27.4 Å². The number of benzene rings is 2. The Labute approximate surface area is 195 Å². The molecule has 4 rings (SSSR count). The number of nitrogens with zero attached hydrogens (tertiary/aromatic N) is 1. The molecule has 3 aromatic rings. The van der Waals surface area contributed by atoms with Crippen molar-refractivity contribution < 1.29 is 23.7 Å². The summed E-state index contributed by atoms with van der Waals surface area (Å²) >= 11 is 0. The van der Waals surface area contributed by atoms with Gasteiger partial charge in [-0.3, -0.25) is 14.3 Å². The van der Waals surface area contributed by atoms with Crippen LogP contribution in [0.15, 0.2) is 82.5 Å². The number of H-pyrrole nitrogens is 1. The van der Waals surface area contributed by atoms with Gasteiger partial charge in [-0.2, -0.15) is 0 Å². The molecule has 1 aromatic heterocycles. The zero-order valence-electron chi connectivity index (χ0n) is 18.5. The number of aromatic amines is 1. The molecule has 4 atom stereocenters. The maximum Gasteiger partial charge on any atom is 0.330 e. The number of aliphatic hydroxyl groups is 1. The van der Waals surface area contributed by atoms with Crippen LogP contribution in [0.25, 0.3) is 0 Å². The Morgan fingerprint density at radius 3 is 2.24 bits per heavy atom. The van der Waals surface area contributed by atoms with Crippen LogP contribution in [-0.4, -0.2) is 46.3 Å². The molecule has 1 aliphatic heterocycles. The van der Waals surface area contributed by atoms with Crippen molar-refractivity contribution in [2.75, 3.05) is 19.9 Å². The van der Waals surface area contributed by atoms with Crippen molar-refractivity contribution >= 4 is 0 Å². The Morgan fingerprint density at radius 2 is 1.65 bits per heavy atom. The molecule has 2 heterocycles. The summed E-state index contributed by atoms with van der Waals surface area (Å²) in [5.74, 6) is -0.789. The molecule has 0 aliphatic carbocycles. The average Bonchev–Trinajstić information content (AvgIpc) is 3.17. The Morgan fingerprint density at radius 1 is 1.00 bits per heavy atom. The second kappa shape index (κ2) is 10.9. The molecular weight excluding hydrogens is 443 g/mol. The van der Waals surface area contributed by atoms with Crippen molar-refractivity contribution in [3.63, 3.8) is 0 Å². The zero-order chi connectivity index (χ0) is 24.0. The molecule has 2 N–H and O–H groups in total. The SMILES string of the molecule is O=c1ccn([C@@H]2O[C@](CF)(COCc3ccccc3)[C@@H](OCc3ccccc3)[C@H]2CO)c(=O)[nH]1. The van der Waals surface area contributed by atoms with Gasteiger partial charge in [0.2, 0.25) is 0 Å². The lowest BCUT2D eigenvalue weighted by atomic mass is 9.91. The highest BCUT2D eigenvalue weighted by Crippen LogP contribution is 2.43. The van der Waals surface area contributed by atoms with E-state index >= 15 is 0 Å². The molecule has 0 radical (unpaired) electrons. The minimum atomic E-state index is -1.57. The quantitative estimate of drug-likeness (QED) is 0.471. The number of nitrogens with one attached hydrogen (secondary N) is 1. The van der Waals surface area contributed by atoms with E-state index in [1.54, 1.807) is 0 Å². The van der Waals surface area contributed by atoms with Crippen molar-refractivity contribution in [1.82, 2.24) is 9.55 Å². The third-order valence-corrected chi connectivity index (χ3v) is 5.92. The van der Waals surface area contributed by atoms with Crippen LogP contribution in [0.3, 0.4) is 0 Å². The van der Waals surface area contributed by atoms with Gasteiger partial charge in [-0.1, -0.05) is 60.7 Å². The van der Waals surface area contributed by atoms with E-state index in [0.29, 0.717) is 0 Å². The summed E-state index contributed by atoms with van der Waals surface area (Å²) in [6, 6.07) is 19.9. The third-order valence-electron chi connectivity index (χ3n) is 5.92. The number of hydrogen-bond acceptors (Lipinski definition) is 6. The van der Waals surface area contributed by atoms with E-state index in [0.717, 1.165) is 15.7 Å². The predicted octanol–water partition coefficient (Wildman–Crippen LogP) is 2.18. The minimum absolute atomic E-state index is 0.152. The average molecular weight is 470 g/mol. The highest BCUT2D eigenvalue weighted by Gasteiger charge is 2.57. The molecule has 0 spiro atoms. The number of halogens is 1. The zero-order valence-corrected chi connectivity index (χ0v) is 18.5. The molecule has 34 heavy (non-hydrogen) atoms. The molecular formula is C25H27FN2O6. The van der Waals surface area contributed by atoms with E-state index in [9.17, 15) is 19.1 Å². The van der Waals surface area contributed by atoms with Crippen LogP contribution in [0.4, 0.5) is 4.39 Å². The summed E-state index contributed by atoms with van der Waals surface area (Å²) in [5.41, 5.74) is -1.10. The van der Waals surface area contributed by atoms with Crippen LogP contribution in [0.1, 0.15) is 17.4 Å². The van der Waals surface area contributed by atoms with Crippen molar-refractivity contribution in [3.05, 3.63) is 105 Å². The molecule has 1 saturated heterocycles. The number of hydrogen-bond donors (Lipinski definition) is 2. The summed E-state index contributed by atoms with van der Waals surface area (Å²) in [6.07, 6.45) is -0.726. The highest BCUT2D eigenvalue weighted by atomic mass is 19.1.